The maximum Gasteiger partial charge on any atom is 0.220 e. The van der Waals surface area contributed by atoms with Gasteiger partial charge in [-0.05, 0) is 30.9 Å². The molecule has 0 saturated heterocycles. The third-order valence-electron chi connectivity index (χ3n) is 3.63. The number of benzene rings is 2. The molecule has 1 unspecified atom stereocenters. The van der Waals surface area contributed by atoms with E-state index in [0.717, 1.165) is 12.0 Å². The fourth-order valence-electron chi connectivity index (χ4n) is 2.49. The van der Waals surface area contributed by atoms with Crippen LogP contribution in [0.25, 0.3) is 0 Å². The fraction of sp³-hybridized carbons (Fsp3) is 0.316. The first kappa shape index (κ1) is 16.2. The van der Waals surface area contributed by atoms with Crippen molar-refractivity contribution in [3.63, 3.8) is 0 Å². The molecule has 3 heteroatoms. The Kier molecular flexibility index (Phi) is 6.16. The van der Waals surface area contributed by atoms with E-state index in [9.17, 15) is 9.90 Å². The van der Waals surface area contributed by atoms with Crippen LogP contribution in [-0.4, -0.2) is 23.7 Å². The standard InChI is InChI=1S/C19H23NO2/c1-15-6-5-9-17(12-15)10-11-19(22)20-18(14-21)13-16-7-3-2-4-8-16/h2-9,12,18,21H,10-11,13-14H2,1H3,(H,20,22). The second kappa shape index (κ2) is 8.35. The van der Waals surface area contributed by atoms with Crippen LogP contribution >= 0.6 is 0 Å². The number of carbonyl (C=O) groups is 1. The van der Waals surface area contributed by atoms with Gasteiger partial charge in [-0.2, -0.15) is 0 Å². The monoisotopic (exact) mass is 297 g/mol. The van der Waals surface area contributed by atoms with Gasteiger partial charge >= 0.3 is 0 Å². The van der Waals surface area contributed by atoms with E-state index in [1.165, 1.54) is 11.1 Å². The van der Waals surface area contributed by atoms with Crippen molar-refractivity contribution in [1.82, 2.24) is 5.32 Å². The summed E-state index contributed by atoms with van der Waals surface area (Å²) in [5.74, 6) is -0.0171. The smallest absolute Gasteiger partial charge is 0.220 e. The van der Waals surface area contributed by atoms with Crippen molar-refractivity contribution < 1.29 is 9.90 Å². The molecular formula is C19H23NO2. The van der Waals surface area contributed by atoms with Gasteiger partial charge in [0.15, 0.2) is 0 Å². The molecule has 0 aliphatic carbocycles. The summed E-state index contributed by atoms with van der Waals surface area (Å²) < 4.78 is 0. The van der Waals surface area contributed by atoms with E-state index < -0.39 is 0 Å². The van der Waals surface area contributed by atoms with E-state index in [0.29, 0.717) is 12.8 Å². The number of aliphatic hydroxyl groups is 1. The minimum absolute atomic E-state index is 0.0171. The molecule has 2 N–H and O–H groups in total. The van der Waals surface area contributed by atoms with Crippen molar-refractivity contribution >= 4 is 5.91 Å². The van der Waals surface area contributed by atoms with E-state index in [1.807, 2.05) is 55.5 Å². The summed E-state index contributed by atoms with van der Waals surface area (Å²) in [7, 11) is 0. The SMILES string of the molecule is Cc1cccc(CCC(=O)NC(CO)Cc2ccccc2)c1. The van der Waals surface area contributed by atoms with Crippen LogP contribution in [-0.2, 0) is 17.6 Å². The van der Waals surface area contributed by atoms with E-state index >= 15 is 0 Å². The van der Waals surface area contributed by atoms with Gasteiger partial charge in [0.25, 0.3) is 0 Å². The molecule has 0 radical (unpaired) electrons. The predicted octanol–water partition coefficient (Wildman–Crippen LogP) is 2.65. The zero-order valence-electron chi connectivity index (χ0n) is 13.0. The van der Waals surface area contributed by atoms with Crippen molar-refractivity contribution in [3.8, 4) is 0 Å². The number of rotatable bonds is 7. The number of amides is 1. The average Bonchev–Trinajstić information content (AvgIpc) is 2.53. The highest BCUT2D eigenvalue weighted by Gasteiger charge is 2.12. The normalized spacial score (nSPS) is 11.9. The molecule has 0 aromatic heterocycles. The van der Waals surface area contributed by atoms with Gasteiger partial charge in [-0.15, -0.1) is 0 Å². The lowest BCUT2D eigenvalue weighted by Crippen LogP contribution is -2.39. The maximum absolute atomic E-state index is 12.0. The van der Waals surface area contributed by atoms with Crippen LogP contribution in [0.1, 0.15) is 23.1 Å². The van der Waals surface area contributed by atoms with Crippen molar-refractivity contribution in [2.45, 2.75) is 32.2 Å². The molecule has 3 nitrogen and oxygen atoms in total. The van der Waals surface area contributed by atoms with E-state index in [1.54, 1.807) is 0 Å². The average molecular weight is 297 g/mol. The fourth-order valence-corrected chi connectivity index (χ4v) is 2.49. The molecule has 0 fully saturated rings. The maximum atomic E-state index is 12.0. The molecule has 0 aliphatic heterocycles. The molecule has 116 valence electrons. The number of hydrogen-bond donors (Lipinski definition) is 2. The lowest BCUT2D eigenvalue weighted by Gasteiger charge is -2.16. The number of nitrogens with one attached hydrogen (secondary N) is 1. The van der Waals surface area contributed by atoms with Gasteiger partial charge in [-0.1, -0.05) is 60.2 Å². The van der Waals surface area contributed by atoms with Crippen LogP contribution in [0.2, 0.25) is 0 Å². The lowest BCUT2D eigenvalue weighted by atomic mass is 10.0. The molecule has 1 atom stereocenters. The zero-order valence-corrected chi connectivity index (χ0v) is 13.0. The second-order valence-corrected chi connectivity index (χ2v) is 5.63. The molecule has 0 spiro atoms. The Morgan fingerprint density at radius 3 is 2.50 bits per heavy atom. The summed E-state index contributed by atoms with van der Waals surface area (Å²) in [5.41, 5.74) is 3.48. The minimum Gasteiger partial charge on any atom is -0.394 e. The van der Waals surface area contributed by atoms with E-state index in [-0.39, 0.29) is 18.6 Å². The Hall–Kier alpha value is -2.13. The van der Waals surface area contributed by atoms with E-state index in [2.05, 4.69) is 11.4 Å². The highest BCUT2D eigenvalue weighted by atomic mass is 16.3. The summed E-state index contributed by atoms with van der Waals surface area (Å²) in [4.78, 5) is 12.0. The van der Waals surface area contributed by atoms with Crippen LogP contribution < -0.4 is 5.32 Å². The molecule has 1 amide bonds. The van der Waals surface area contributed by atoms with Crippen LogP contribution in [0, 0.1) is 6.92 Å². The molecule has 0 heterocycles. The second-order valence-electron chi connectivity index (χ2n) is 5.63. The molecule has 0 aliphatic rings. The lowest BCUT2D eigenvalue weighted by molar-refractivity contribution is -0.122. The first-order valence-corrected chi connectivity index (χ1v) is 7.67. The summed E-state index contributed by atoms with van der Waals surface area (Å²) in [6, 6.07) is 17.8. The first-order chi connectivity index (χ1) is 10.7. The van der Waals surface area contributed by atoms with Gasteiger partial charge in [-0.3, -0.25) is 4.79 Å². The van der Waals surface area contributed by atoms with Gasteiger partial charge in [0.05, 0.1) is 12.6 Å². The Labute approximate surface area is 132 Å². The number of carbonyl (C=O) groups excluding carboxylic acids is 1. The topological polar surface area (TPSA) is 49.3 Å². The summed E-state index contributed by atoms with van der Waals surface area (Å²) in [5, 5.41) is 12.4. The highest BCUT2D eigenvalue weighted by Crippen LogP contribution is 2.07. The van der Waals surface area contributed by atoms with Gasteiger partial charge < -0.3 is 10.4 Å². The molecule has 0 saturated carbocycles. The Bertz CT molecular complexity index is 595. The van der Waals surface area contributed by atoms with Crippen molar-refractivity contribution in [1.29, 1.82) is 0 Å². The summed E-state index contributed by atoms with van der Waals surface area (Å²) in [6.07, 6.45) is 1.80. The van der Waals surface area contributed by atoms with Crippen molar-refractivity contribution in [2.75, 3.05) is 6.61 Å². The number of aliphatic hydroxyl groups excluding tert-OH is 1. The van der Waals surface area contributed by atoms with Crippen LogP contribution in [0.15, 0.2) is 54.6 Å². The van der Waals surface area contributed by atoms with Gasteiger partial charge in [0.1, 0.15) is 0 Å². The third-order valence-corrected chi connectivity index (χ3v) is 3.63. The zero-order chi connectivity index (χ0) is 15.8. The first-order valence-electron chi connectivity index (χ1n) is 7.67. The molecule has 2 aromatic rings. The van der Waals surface area contributed by atoms with Crippen LogP contribution in [0.5, 0.6) is 0 Å². The quantitative estimate of drug-likeness (QED) is 0.825. The molecule has 22 heavy (non-hydrogen) atoms. The molecule has 0 bridgehead atoms. The summed E-state index contributed by atoms with van der Waals surface area (Å²) >= 11 is 0. The highest BCUT2D eigenvalue weighted by molar-refractivity contribution is 5.76. The summed E-state index contributed by atoms with van der Waals surface area (Å²) in [6.45, 7) is 2.00. The van der Waals surface area contributed by atoms with Crippen molar-refractivity contribution in [2.24, 2.45) is 0 Å². The van der Waals surface area contributed by atoms with Crippen LogP contribution in [0.4, 0.5) is 0 Å². The van der Waals surface area contributed by atoms with Gasteiger partial charge in [0, 0.05) is 6.42 Å². The van der Waals surface area contributed by atoms with Crippen LogP contribution in [0.3, 0.4) is 0 Å². The van der Waals surface area contributed by atoms with Gasteiger partial charge in [0.2, 0.25) is 5.91 Å². The Balaban J connectivity index is 1.82. The predicted molar refractivity (Wildman–Crippen MR) is 88.7 cm³/mol. The molecule has 2 rings (SSSR count). The Morgan fingerprint density at radius 2 is 1.82 bits per heavy atom. The minimum atomic E-state index is -0.229. The van der Waals surface area contributed by atoms with E-state index in [4.69, 9.17) is 0 Å². The number of hydrogen-bond acceptors (Lipinski definition) is 2. The molecule has 2 aromatic carbocycles. The largest absolute Gasteiger partial charge is 0.394 e. The van der Waals surface area contributed by atoms with Gasteiger partial charge in [-0.25, -0.2) is 0 Å². The third kappa shape index (κ3) is 5.34. The molecular weight excluding hydrogens is 274 g/mol. The number of aryl methyl sites for hydroxylation is 2. The Morgan fingerprint density at radius 1 is 1.09 bits per heavy atom. The van der Waals surface area contributed by atoms with Crippen molar-refractivity contribution in [3.05, 3.63) is 71.3 Å².